The van der Waals surface area contributed by atoms with Crippen LogP contribution in [0.5, 0.6) is 0 Å². The molecule has 0 saturated heterocycles. The normalized spacial score (nSPS) is 11.6. The van der Waals surface area contributed by atoms with E-state index in [0.29, 0.717) is 22.2 Å². The molecule has 0 atom stereocenters. The van der Waals surface area contributed by atoms with Crippen molar-refractivity contribution in [3.8, 4) is 0 Å². The fourth-order valence-corrected chi connectivity index (χ4v) is 2.47. The maximum absolute atomic E-state index is 11.8. The van der Waals surface area contributed by atoms with Crippen molar-refractivity contribution in [2.45, 2.75) is 31.9 Å². The van der Waals surface area contributed by atoms with Crippen LogP contribution >= 0.6 is 35.0 Å². The summed E-state index contributed by atoms with van der Waals surface area (Å²) in [4.78, 5) is 11.8. The third-order valence-corrected chi connectivity index (χ3v) is 4.14. The van der Waals surface area contributed by atoms with Crippen LogP contribution in [0.25, 0.3) is 0 Å². The van der Waals surface area contributed by atoms with Gasteiger partial charge in [-0.3, -0.25) is 4.79 Å². The summed E-state index contributed by atoms with van der Waals surface area (Å²) in [5, 5.41) is 1.12. The van der Waals surface area contributed by atoms with Crippen molar-refractivity contribution in [1.29, 1.82) is 0 Å². The summed E-state index contributed by atoms with van der Waals surface area (Å²) in [6.45, 7) is 6.27. The van der Waals surface area contributed by atoms with Crippen LogP contribution < -0.4 is 0 Å². The minimum Gasteiger partial charge on any atom is -0.298 e. The zero-order chi connectivity index (χ0) is 13.1. The second kappa shape index (κ2) is 6.12. The van der Waals surface area contributed by atoms with Gasteiger partial charge in [0.15, 0.2) is 0 Å². The van der Waals surface area contributed by atoms with Gasteiger partial charge in [0.25, 0.3) is 0 Å². The Bertz CT molecular complexity index is 390. The molecule has 1 nitrogen and oxygen atoms in total. The van der Waals surface area contributed by atoms with Crippen LogP contribution in [0.15, 0.2) is 18.2 Å². The first-order chi connectivity index (χ1) is 7.79. The van der Waals surface area contributed by atoms with Crippen molar-refractivity contribution in [3.05, 3.63) is 33.8 Å². The Labute approximate surface area is 117 Å². The summed E-state index contributed by atoms with van der Waals surface area (Å²) in [5.41, 5.74) is 0.732. The van der Waals surface area contributed by atoms with E-state index in [2.05, 4.69) is 20.8 Å². The highest BCUT2D eigenvalue weighted by Crippen LogP contribution is 2.27. The maximum atomic E-state index is 11.8. The Kier molecular flexibility index (Phi) is 5.36. The van der Waals surface area contributed by atoms with Crippen molar-refractivity contribution in [1.82, 2.24) is 0 Å². The molecule has 0 spiro atoms. The molecule has 0 amide bonds. The number of ketones is 1. The Morgan fingerprint density at radius 3 is 2.24 bits per heavy atom. The highest BCUT2D eigenvalue weighted by atomic mass is 35.5. The minimum absolute atomic E-state index is 0.0972. The summed E-state index contributed by atoms with van der Waals surface area (Å²) in [6.07, 6.45) is 0.307. The highest BCUT2D eigenvalue weighted by molar-refractivity contribution is 8.01. The van der Waals surface area contributed by atoms with Crippen LogP contribution in [0.1, 0.15) is 26.3 Å². The van der Waals surface area contributed by atoms with Crippen molar-refractivity contribution < 1.29 is 4.79 Å². The summed E-state index contributed by atoms with van der Waals surface area (Å²) >= 11 is 13.7. The number of hydrogen-bond acceptors (Lipinski definition) is 2. The minimum atomic E-state index is 0.0972. The van der Waals surface area contributed by atoms with Gasteiger partial charge in [0.05, 0.1) is 5.75 Å². The van der Waals surface area contributed by atoms with Crippen molar-refractivity contribution in [2.75, 3.05) is 5.75 Å². The van der Waals surface area contributed by atoms with Crippen LogP contribution in [0.3, 0.4) is 0 Å². The van der Waals surface area contributed by atoms with E-state index in [-0.39, 0.29) is 10.5 Å². The van der Waals surface area contributed by atoms with Gasteiger partial charge in [-0.2, -0.15) is 0 Å². The van der Waals surface area contributed by atoms with Crippen LogP contribution in [-0.4, -0.2) is 16.3 Å². The van der Waals surface area contributed by atoms with E-state index in [9.17, 15) is 4.79 Å². The zero-order valence-electron chi connectivity index (χ0n) is 10.2. The van der Waals surface area contributed by atoms with Crippen molar-refractivity contribution >= 4 is 40.7 Å². The first-order valence-electron chi connectivity index (χ1n) is 5.38. The Hall–Kier alpha value is -0.180. The third kappa shape index (κ3) is 5.33. The average molecular weight is 291 g/mol. The first kappa shape index (κ1) is 14.9. The Balaban J connectivity index is 2.63. The van der Waals surface area contributed by atoms with E-state index < -0.39 is 0 Å². The van der Waals surface area contributed by atoms with E-state index in [1.165, 1.54) is 0 Å². The van der Waals surface area contributed by atoms with E-state index in [4.69, 9.17) is 23.2 Å². The first-order valence-corrected chi connectivity index (χ1v) is 7.12. The number of benzene rings is 1. The molecular formula is C13H16Cl2OS. The van der Waals surface area contributed by atoms with Crippen LogP contribution in [0.2, 0.25) is 10.0 Å². The summed E-state index contributed by atoms with van der Waals surface area (Å²) in [6, 6.07) is 5.29. The molecule has 0 aliphatic carbocycles. The van der Waals surface area contributed by atoms with Gasteiger partial charge in [0.2, 0.25) is 0 Å². The summed E-state index contributed by atoms with van der Waals surface area (Å²) < 4.78 is 0.0972. The number of halogens is 2. The highest BCUT2D eigenvalue weighted by Gasteiger charge is 2.15. The lowest BCUT2D eigenvalue weighted by Gasteiger charge is -2.16. The molecule has 0 N–H and O–H groups in total. The SMILES string of the molecule is CC(C)(C)SCC(=O)Cc1c(Cl)cccc1Cl. The number of carbonyl (C=O) groups is 1. The fraction of sp³-hybridized carbons (Fsp3) is 0.462. The van der Waals surface area contributed by atoms with Gasteiger partial charge in [-0.05, 0) is 17.7 Å². The molecule has 1 aromatic carbocycles. The smallest absolute Gasteiger partial charge is 0.147 e. The number of thioether (sulfide) groups is 1. The van der Waals surface area contributed by atoms with Gasteiger partial charge >= 0.3 is 0 Å². The maximum Gasteiger partial charge on any atom is 0.147 e. The predicted molar refractivity (Wildman–Crippen MR) is 77.4 cm³/mol. The molecule has 0 bridgehead atoms. The molecule has 0 unspecified atom stereocenters. The average Bonchev–Trinajstić information content (AvgIpc) is 2.20. The number of carbonyl (C=O) groups excluding carboxylic acids is 1. The lowest BCUT2D eigenvalue weighted by molar-refractivity contribution is -0.116. The second-order valence-electron chi connectivity index (χ2n) is 4.82. The van der Waals surface area contributed by atoms with Gasteiger partial charge in [-0.25, -0.2) is 0 Å². The molecule has 0 aliphatic heterocycles. The molecule has 0 heterocycles. The molecule has 17 heavy (non-hydrogen) atoms. The number of rotatable bonds is 4. The molecule has 1 rings (SSSR count). The molecule has 0 aromatic heterocycles. The van der Waals surface area contributed by atoms with E-state index in [1.54, 1.807) is 30.0 Å². The van der Waals surface area contributed by atoms with Crippen LogP contribution in [0, 0.1) is 0 Å². The van der Waals surface area contributed by atoms with Gasteiger partial charge in [0.1, 0.15) is 5.78 Å². The molecule has 0 fully saturated rings. The topological polar surface area (TPSA) is 17.1 Å². The van der Waals surface area contributed by atoms with Crippen molar-refractivity contribution in [2.24, 2.45) is 0 Å². The van der Waals surface area contributed by atoms with E-state index in [0.717, 1.165) is 5.56 Å². The van der Waals surface area contributed by atoms with E-state index in [1.807, 2.05) is 0 Å². The molecule has 1 aromatic rings. The lowest BCUT2D eigenvalue weighted by Crippen LogP contribution is -2.14. The molecule has 0 radical (unpaired) electrons. The van der Waals surface area contributed by atoms with Gasteiger partial charge in [0, 0.05) is 21.2 Å². The molecule has 4 heteroatoms. The standard InChI is InChI=1S/C13H16Cl2OS/c1-13(2,3)17-8-9(16)7-10-11(14)5-4-6-12(10)15/h4-6H,7-8H2,1-3H3. The monoisotopic (exact) mass is 290 g/mol. The second-order valence-corrected chi connectivity index (χ2v) is 7.43. The number of hydrogen-bond donors (Lipinski definition) is 0. The quantitative estimate of drug-likeness (QED) is 0.804. The fourth-order valence-electron chi connectivity index (χ4n) is 1.25. The van der Waals surface area contributed by atoms with E-state index >= 15 is 0 Å². The van der Waals surface area contributed by atoms with Gasteiger partial charge < -0.3 is 0 Å². The van der Waals surface area contributed by atoms with Gasteiger partial charge in [-0.15, -0.1) is 11.8 Å². The zero-order valence-corrected chi connectivity index (χ0v) is 12.5. The largest absolute Gasteiger partial charge is 0.298 e. The molecule has 0 aliphatic rings. The van der Waals surface area contributed by atoms with Gasteiger partial charge in [-0.1, -0.05) is 50.0 Å². The lowest BCUT2D eigenvalue weighted by atomic mass is 10.1. The van der Waals surface area contributed by atoms with Crippen molar-refractivity contribution in [3.63, 3.8) is 0 Å². The molecule has 0 saturated carbocycles. The summed E-state index contributed by atoms with van der Waals surface area (Å²) in [7, 11) is 0. The molecule has 94 valence electrons. The van der Waals surface area contributed by atoms with Crippen LogP contribution in [-0.2, 0) is 11.2 Å². The predicted octanol–water partition coefficient (Wildman–Crippen LogP) is 4.64. The van der Waals surface area contributed by atoms with Crippen LogP contribution in [0.4, 0.5) is 0 Å². The molecular weight excluding hydrogens is 275 g/mol. The number of Topliss-reactive ketones (excluding diaryl/α,β-unsaturated/α-hetero) is 1. The summed E-state index contributed by atoms with van der Waals surface area (Å²) in [5.74, 6) is 0.644. The third-order valence-electron chi connectivity index (χ3n) is 2.10. The Morgan fingerprint density at radius 2 is 1.76 bits per heavy atom. The Morgan fingerprint density at radius 1 is 1.24 bits per heavy atom.